The quantitative estimate of drug-likeness (QED) is 0.784. The van der Waals surface area contributed by atoms with Crippen LogP contribution in [-0.4, -0.2) is 11.5 Å². The molecule has 2 aromatic carbocycles. The average molecular weight is 285 g/mol. The average Bonchev–Trinajstić information content (AvgIpc) is 2.48. The van der Waals surface area contributed by atoms with Gasteiger partial charge in [0.05, 0.1) is 17.4 Å². The van der Waals surface area contributed by atoms with Crippen molar-refractivity contribution in [2.45, 2.75) is 5.75 Å². The smallest absolute Gasteiger partial charge is 0.172 e. The van der Waals surface area contributed by atoms with Crippen molar-refractivity contribution in [3.63, 3.8) is 0 Å². The lowest BCUT2D eigenvalue weighted by Gasteiger charge is -2.02. The van der Waals surface area contributed by atoms with E-state index in [-0.39, 0.29) is 11.6 Å². The van der Waals surface area contributed by atoms with Crippen LogP contribution in [0, 0.1) is 17.1 Å². The van der Waals surface area contributed by atoms with Crippen molar-refractivity contribution >= 4 is 17.5 Å². The highest BCUT2D eigenvalue weighted by Gasteiger charge is 2.06. The predicted molar refractivity (Wildman–Crippen MR) is 78.0 cm³/mol. The van der Waals surface area contributed by atoms with Gasteiger partial charge < -0.3 is 0 Å². The van der Waals surface area contributed by atoms with Gasteiger partial charge in [-0.3, -0.25) is 4.79 Å². The summed E-state index contributed by atoms with van der Waals surface area (Å²) in [5, 5.41) is 8.70. The van der Waals surface area contributed by atoms with Crippen LogP contribution in [0.15, 0.2) is 48.5 Å². The molecule has 2 aromatic rings. The number of rotatable bonds is 5. The molecular weight excluding hydrogens is 273 g/mol. The molecule has 0 atom stereocenters. The summed E-state index contributed by atoms with van der Waals surface area (Å²) in [6, 6.07) is 14.9. The van der Waals surface area contributed by atoms with Crippen molar-refractivity contribution in [1.82, 2.24) is 0 Å². The number of hydrogen-bond acceptors (Lipinski definition) is 3. The van der Waals surface area contributed by atoms with Gasteiger partial charge in [-0.25, -0.2) is 4.39 Å². The Morgan fingerprint density at radius 2 is 1.75 bits per heavy atom. The van der Waals surface area contributed by atoms with E-state index in [4.69, 9.17) is 5.26 Å². The van der Waals surface area contributed by atoms with Crippen molar-refractivity contribution in [3.05, 3.63) is 71.0 Å². The summed E-state index contributed by atoms with van der Waals surface area (Å²) in [5.41, 5.74) is 2.22. The number of ketones is 1. The molecule has 0 aliphatic carbocycles. The van der Waals surface area contributed by atoms with Crippen LogP contribution in [-0.2, 0) is 5.75 Å². The standard InChI is InChI=1S/C16H12FNOS/c17-15-7-5-14(6-8-15)16(19)11-20-10-13-3-1-12(9-18)2-4-13/h1-8H,10-11H2. The first-order chi connectivity index (χ1) is 9.69. The first-order valence-electron chi connectivity index (χ1n) is 6.04. The molecule has 0 saturated heterocycles. The van der Waals surface area contributed by atoms with Gasteiger partial charge >= 0.3 is 0 Å². The molecule has 0 fully saturated rings. The Labute approximate surface area is 121 Å². The third-order valence-corrected chi connectivity index (χ3v) is 3.75. The van der Waals surface area contributed by atoms with Gasteiger partial charge in [0.25, 0.3) is 0 Å². The number of Topliss-reactive ketones (excluding diaryl/α,β-unsaturated/α-hetero) is 1. The lowest BCUT2D eigenvalue weighted by molar-refractivity contribution is 0.102. The largest absolute Gasteiger partial charge is 0.293 e. The van der Waals surface area contributed by atoms with Crippen LogP contribution in [0.2, 0.25) is 0 Å². The fourth-order valence-electron chi connectivity index (χ4n) is 1.66. The Hall–Kier alpha value is -2.12. The maximum absolute atomic E-state index is 12.7. The Kier molecular flexibility index (Phi) is 4.91. The molecule has 20 heavy (non-hydrogen) atoms. The Bertz CT molecular complexity index is 629. The Morgan fingerprint density at radius 1 is 1.10 bits per heavy atom. The van der Waals surface area contributed by atoms with E-state index in [1.54, 1.807) is 12.1 Å². The van der Waals surface area contributed by atoms with Crippen molar-refractivity contribution in [3.8, 4) is 6.07 Å². The number of benzene rings is 2. The molecule has 0 radical (unpaired) electrons. The molecule has 0 amide bonds. The zero-order valence-corrected chi connectivity index (χ0v) is 11.5. The Morgan fingerprint density at radius 3 is 2.35 bits per heavy atom. The lowest BCUT2D eigenvalue weighted by atomic mass is 10.1. The van der Waals surface area contributed by atoms with Crippen molar-refractivity contribution in [2.75, 3.05) is 5.75 Å². The van der Waals surface area contributed by atoms with Gasteiger partial charge in [-0.2, -0.15) is 5.26 Å². The van der Waals surface area contributed by atoms with E-state index in [0.717, 1.165) is 5.56 Å². The van der Waals surface area contributed by atoms with Crippen LogP contribution in [0.1, 0.15) is 21.5 Å². The highest BCUT2D eigenvalue weighted by Crippen LogP contribution is 2.15. The molecule has 0 heterocycles. The molecule has 0 aliphatic heterocycles. The number of carbonyl (C=O) groups is 1. The third kappa shape index (κ3) is 3.94. The summed E-state index contributed by atoms with van der Waals surface area (Å²) >= 11 is 1.50. The molecule has 0 bridgehead atoms. The SMILES string of the molecule is N#Cc1ccc(CSCC(=O)c2ccc(F)cc2)cc1. The lowest BCUT2D eigenvalue weighted by Crippen LogP contribution is -2.02. The van der Waals surface area contributed by atoms with E-state index in [1.165, 1.54) is 36.0 Å². The fourth-order valence-corrected chi connectivity index (χ4v) is 2.54. The zero-order chi connectivity index (χ0) is 14.4. The molecule has 4 heteroatoms. The summed E-state index contributed by atoms with van der Waals surface area (Å²) in [7, 11) is 0. The van der Waals surface area contributed by atoms with Gasteiger partial charge in [0.2, 0.25) is 0 Å². The minimum Gasteiger partial charge on any atom is -0.293 e. The predicted octanol–water partition coefficient (Wildman–Crippen LogP) is 3.81. The van der Waals surface area contributed by atoms with E-state index in [9.17, 15) is 9.18 Å². The van der Waals surface area contributed by atoms with Crippen LogP contribution in [0.4, 0.5) is 4.39 Å². The highest BCUT2D eigenvalue weighted by atomic mass is 32.2. The monoisotopic (exact) mass is 285 g/mol. The fraction of sp³-hybridized carbons (Fsp3) is 0.125. The first-order valence-corrected chi connectivity index (χ1v) is 7.20. The molecule has 0 spiro atoms. The topological polar surface area (TPSA) is 40.9 Å². The summed E-state index contributed by atoms with van der Waals surface area (Å²) in [4.78, 5) is 11.9. The normalized spacial score (nSPS) is 10.0. The van der Waals surface area contributed by atoms with E-state index in [0.29, 0.717) is 22.6 Å². The summed E-state index contributed by atoms with van der Waals surface area (Å²) < 4.78 is 12.7. The Balaban J connectivity index is 1.84. The van der Waals surface area contributed by atoms with Gasteiger partial charge in [0, 0.05) is 11.3 Å². The van der Waals surface area contributed by atoms with Gasteiger partial charge in [0.1, 0.15) is 5.82 Å². The van der Waals surface area contributed by atoms with Gasteiger partial charge in [-0.15, -0.1) is 11.8 Å². The maximum atomic E-state index is 12.7. The molecule has 0 N–H and O–H groups in total. The molecular formula is C16H12FNOS. The molecule has 100 valence electrons. The van der Waals surface area contributed by atoms with E-state index < -0.39 is 0 Å². The number of halogens is 1. The molecule has 2 nitrogen and oxygen atoms in total. The number of carbonyl (C=O) groups excluding carboxylic acids is 1. The molecule has 0 unspecified atom stereocenters. The highest BCUT2D eigenvalue weighted by molar-refractivity contribution is 7.99. The van der Waals surface area contributed by atoms with E-state index in [1.807, 2.05) is 12.1 Å². The molecule has 2 rings (SSSR count). The number of nitriles is 1. The van der Waals surface area contributed by atoms with Crippen molar-refractivity contribution in [1.29, 1.82) is 5.26 Å². The summed E-state index contributed by atoms with van der Waals surface area (Å²) in [6.07, 6.45) is 0. The maximum Gasteiger partial charge on any atom is 0.172 e. The number of hydrogen-bond donors (Lipinski definition) is 0. The van der Waals surface area contributed by atoms with Crippen LogP contribution in [0.3, 0.4) is 0 Å². The molecule has 0 aromatic heterocycles. The zero-order valence-electron chi connectivity index (χ0n) is 10.7. The summed E-state index contributed by atoms with van der Waals surface area (Å²) in [6.45, 7) is 0. The van der Waals surface area contributed by atoms with Gasteiger partial charge in [-0.05, 0) is 42.0 Å². The second-order valence-corrected chi connectivity index (χ2v) is 5.22. The second kappa shape index (κ2) is 6.88. The van der Waals surface area contributed by atoms with Gasteiger partial charge in [-0.1, -0.05) is 12.1 Å². The van der Waals surface area contributed by atoms with E-state index >= 15 is 0 Å². The van der Waals surface area contributed by atoms with Crippen molar-refractivity contribution in [2.24, 2.45) is 0 Å². The van der Waals surface area contributed by atoms with Crippen LogP contribution in [0.25, 0.3) is 0 Å². The van der Waals surface area contributed by atoms with E-state index in [2.05, 4.69) is 6.07 Å². The minimum absolute atomic E-state index is 0.0105. The molecule has 0 aliphatic rings. The van der Waals surface area contributed by atoms with Crippen molar-refractivity contribution < 1.29 is 9.18 Å². The third-order valence-electron chi connectivity index (χ3n) is 2.75. The van der Waals surface area contributed by atoms with Crippen LogP contribution < -0.4 is 0 Å². The van der Waals surface area contributed by atoms with Crippen LogP contribution in [0.5, 0.6) is 0 Å². The minimum atomic E-state index is -0.341. The number of nitrogens with zero attached hydrogens (tertiary/aromatic N) is 1. The van der Waals surface area contributed by atoms with Crippen LogP contribution >= 0.6 is 11.8 Å². The number of thioether (sulfide) groups is 1. The summed E-state index contributed by atoms with van der Waals surface area (Å²) in [5.74, 6) is 0.708. The molecule has 0 saturated carbocycles. The van der Waals surface area contributed by atoms with Gasteiger partial charge in [0.15, 0.2) is 5.78 Å². The second-order valence-electron chi connectivity index (χ2n) is 4.23. The first kappa shape index (κ1) is 14.3.